The topological polar surface area (TPSA) is 62.5 Å². The number of nitrogens with one attached hydrogen (secondary N) is 1. The number of aliphatic hydroxyl groups excluding tert-OH is 1. The molecule has 1 unspecified atom stereocenters. The summed E-state index contributed by atoms with van der Waals surface area (Å²) in [6, 6.07) is 12.9. The standard InChI is InChI=1S/C18H17NO3S/c1-12-4-2-3-5-14(12)18(21)19-10-15(20)17-7-6-16(22-17)13-8-9-23-11-13/h2-9,11,15,20H,10H2,1H3,(H,19,21). The number of benzene rings is 1. The fourth-order valence-electron chi connectivity index (χ4n) is 2.30. The fraction of sp³-hybridized carbons (Fsp3) is 0.167. The summed E-state index contributed by atoms with van der Waals surface area (Å²) in [6.45, 7) is 1.98. The van der Waals surface area contributed by atoms with Crippen molar-refractivity contribution in [2.24, 2.45) is 0 Å². The summed E-state index contributed by atoms with van der Waals surface area (Å²) in [4.78, 5) is 12.1. The normalized spacial score (nSPS) is 12.1. The molecule has 2 aromatic heterocycles. The number of rotatable bonds is 5. The molecule has 1 atom stereocenters. The molecule has 3 aromatic rings. The molecule has 0 saturated carbocycles. The van der Waals surface area contributed by atoms with Gasteiger partial charge in [0.05, 0.1) is 6.54 Å². The predicted octanol–water partition coefficient (Wildman–Crippen LogP) is 3.78. The molecule has 0 saturated heterocycles. The van der Waals surface area contributed by atoms with E-state index in [9.17, 15) is 9.90 Å². The van der Waals surface area contributed by atoms with Gasteiger partial charge in [-0.25, -0.2) is 0 Å². The Morgan fingerprint density at radius 2 is 2.09 bits per heavy atom. The SMILES string of the molecule is Cc1ccccc1C(=O)NCC(O)c1ccc(-c2ccsc2)o1. The third kappa shape index (κ3) is 3.52. The van der Waals surface area contributed by atoms with Crippen LogP contribution in [0.4, 0.5) is 0 Å². The van der Waals surface area contributed by atoms with Crippen molar-refractivity contribution in [3.63, 3.8) is 0 Å². The quantitative estimate of drug-likeness (QED) is 0.749. The van der Waals surface area contributed by atoms with Gasteiger partial charge >= 0.3 is 0 Å². The highest BCUT2D eigenvalue weighted by Gasteiger charge is 2.16. The molecule has 0 aliphatic rings. The minimum absolute atomic E-state index is 0.101. The van der Waals surface area contributed by atoms with Gasteiger partial charge in [-0.2, -0.15) is 11.3 Å². The van der Waals surface area contributed by atoms with Crippen LogP contribution in [0.5, 0.6) is 0 Å². The zero-order valence-electron chi connectivity index (χ0n) is 12.7. The van der Waals surface area contributed by atoms with Crippen LogP contribution in [0.15, 0.2) is 57.6 Å². The molecule has 1 amide bonds. The van der Waals surface area contributed by atoms with Gasteiger partial charge < -0.3 is 14.8 Å². The number of furan rings is 1. The van der Waals surface area contributed by atoms with Crippen LogP contribution >= 0.6 is 11.3 Å². The molecule has 3 rings (SSSR count). The summed E-state index contributed by atoms with van der Waals surface area (Å²) < 4.78 is 5.66. The average molecular weight is 327 g/mol. The first kappa shape index (κ1) is 15.5. The first-order valence-corrected chi connectivity index (χ1v) is 8.23. The summed E-state index contributed by atoms with van der Waals surface area (Å²) in [5, 5.41) is 16.9. The second kappa shape index (κ2) is 6.81. The van der Waals surface area contributed by atoms with E-state index in [1.54, 1.807) is 23.5 Å². The van der Waals surface area contributed by atoms with E-state index < -0.39 is 6.10 Å². The van der Waals surface area contributed by atoms with Crippen LogP contribution in [0.2, 0.25) is 0 Å². The Hall–Kier alpha value is -2.37. The number of aryl methyl sites for hydroxylation is 1. The van der Waals surface area contributed by atoms with E-state index in [-0.39, 0.29) is 12.5 Å². The molecule has 1 aromatic carbocycles. The summed E-state index contributed by atoms with van der Waals surface area (Å²) in [5.74, 6) is 0.952. The maximum absolute atomic E-state index is 12.1. The van der Waals surface area contributed by atoms with E-state index in [2.05, 4.69) is 5.32 Å². The number of aliphatic hydroxyl groups is 1. The van der Waals surface area contributed by atoms with Crippen molar-refractivity contribution >= 4 is 17.2 Å². The number of hydrogen-bond donors (Lipinski definition) is 2. The van der Waals surface area contributed by atoms with Crippen LogP contribution < -0.4 is 5.32 Å². The molecule has 5 heteroatoms. The number of carbonyl (C=O) groups is 1. The van der Waals surface area contributed by atoms with Crippen LogP contribution in [0.1, 0.15) is 27.8 Å². The van der Waals surface area contributed by atoms with Crippen molar-refractivity contribution in [1.82, 2.24) is 5.32 Å². The molecule has 0 fully saturated rings. The van der Waals surface area contributed by atoms with E-state index in [0.717, 1.165) is 11.1 Å². The van der Waals surface area contributed by atoms with Crippen LogP contribution in [-0.2, 0) is 0 Å². The van der Waals surface area contributed by atoms with E-state index in [1.165, 1.54) is 0 Å². The maximum atomic E-state index is 12.1. The van der Waals surface area contributed by atoms with Gasteiger partial charge in [0, 0.05) is 16.5 Å². The first-order chi connectivity index (χ1) is 11.1. The Morgan fingerprint density at radius 1 is 1.26 bits per heavy atom. The van der Waals surface area contributed by atoms with Gasteiger partial charge in [0.1, 0.15) is 17.6 Å². The predicted molar refractivity (Wildman–Crippen MR) is 90.5 cm³/mol. The highest BCUT2D eigenvalue weighted by Crippen LogP contribution is 2.26. The second-order valence-electron chi connectivity index (χ2n) is 5.25. The first-order valence-electron chi connectivity index (χ1n) is 7.29. The van der Waals surface area contributed by atoms with Gasteiger partial charge in [-0.15, -0.1) is 0 Å². The zero-order valence-corrected chi connectivity index (χ0v) is 13.5. The lowest BCUT2D eigenvalue weighted by atomic mass is 10.1. The lowest BCUT2D eigenvalue weighted by molar-refractivity contribution is 0.0901. The molecule has 0 spiro atoms. The van der Waals surface area contributed by atoms with Gasteiger partial charge in [0.25, 0.3) is 5.91 Å². The summed E-state index contributed by atoms with van der Waals surface area (Å²) in [6.07, 6.45) is -0.879. The Balaban J connectivity index is 1.62. The fourth-order valence-corrected chi connectivity index (χ4v) is 2.95. The summed E-state index contributed by atoms with van der Waals surface area (Å²) in [5.41, 5.74) is 2.49. The molecule has 0 bridgehead atoms. The Morgan fingerprint density at radius 3 is 2.83 bits per heavy atom. The molecule has 4 nitrogen and oxygen atoms in total. The van der Waals surface area contributed by atoms with Crippen molar-refractivity contribution in [3.05, 3.63) is 70.1 Å². The van der Waals surface area contributed by atoms with Crippen molar-refractivity contribution in [3.8, 4) is 11.3 Å². The number of thiophene rings is 1. The monoisotopic (exact) mass is 327 g/mol. The molecule has 0 aliphatic heterocycles. The third-order valence-corrected chi connectivity index (χ3v) is 4.29. The summed E-state index contributed by atoms with van der Waals surface area (Å²) in [7, 11) is 0. The Bertz CT molecular complexity index is 792. The molecule has 23 heavy (non-hydrogen) atoms. The molecule has 2 heterocycles. The minimum Gasteiger partial charge on any atom is -0.458 e. The van der Waals surface area contributed by atoms with Crippen LogP contribution in [-0.4, -0.2) is 17.6 Å². The van der Waals surface area contributed by atoms with Gasteiger partial charge in [0.15, 0.2) is 0 Å². The molecular weight excluding hydrogens is 310 g/mol. The van der Waals surface area contributed by atoms with E-state index in [0.29, 0.717) is 17.1 Å². The average Bonchev–Trinajstić information content (AvgIpc) is 3.23. The summed E-state index contributed by atoms with van der Waals surface area (Å²) >= 11 is 1.59. The van der Waals surface area contributed by atoms with Crippen LogP contribution in [0, 0.1) is 6.92 Å². The van der Waals surface area contributed by atoms with Crippen LogP contribution in [0.3, 0.4) is 0 Å². The Kier molecular flexibility index (Phi) is 4.60. The van der Waals surface area contributed by atoms with Crippen molar-refractivity contribution in [2.45, 2.75) is 13.0 Å². The molecule has 118 valence electrons. The van der Waals surface area contributed by atoms with Gasteiger partial charge in [-0.05, 0) is 42.1 Å². The second-order valence-corrected chi connectivity index (χ2v) is 6.03. The number of carbonyl (C=O) groups excluding carboxylic acids is 1. The van der Waals surface area contributed by atoms with Crippen molar-refractivity contribution in [2.75, 3.05) is 6.54 Å². The minimum atomic E-state index is -0.879. The number of amides is 1. The van der Waals surface area contributed by atoms with Gasteiger partial charge in [-0.1, -0.05) is 18.2 Å². The van der Waals surface area contributed by atoms with E-state index >= 15 is 0 Å². The third-order valence-electron chi connectivity index (χ3n) is 3.61. The molecular formula is C18H17NO3S. The zero-order chi connectivity index (χ0) is 16.2. The number of hydrogen-bond acceptors (Lipinski definition) is 4. The van der Waals surface area contributed by atoms with Crippen molar-refractivity contribution < 1.29 is 14.3 Å². The molecule has 2 N–H and O–H groups in total. The smallest absolute Gasteiger partial charge is 0.251 e. The van der Waals surface area contributed by atoms with E-state index in [1.807, 2.05) is 48.0 Å². The van der Waals surface area contributed by atoms with Gasteiger partial charge in [-0.3, -0.25) is 4.79 Å². The molecule has 0 aliphatic carbocycles. The maximum Gasteiger partial charge on any atom is 0.251 e. The van der Waals surface area contributed by atoms with Crippen molar-refractivity contribution in [1.29, 1.82) is 0 Å². The Labute approximate surface area is 138 Å². The lowest BCUT2D eigenvalue weighted by Gasteiger charge is -2.11. The van der Waals surface area contributed by atoms with E-state index in [4.69, 9.17) is 4.42 Å². The lowest BCUT2D eigenvalue weighted by Crippen LogP contribution is -2.28. The molecule has 0 radical (unpaired) electrons. The largest absolute Gasteiger partial charge is 0.458 e. The van der Waals surface area contributed by atoms with Gasteiger partial charge in [0.2, 0.25) is 0 Å². The highest BCUT2D eigenvalue weighted by atomic mass is 32.1. The van der Waals surface area contributed by atoms with Crippen LogP contribution in [0.25, 0.3) is 11.3 Å². The highest BCUT2D eigenvalue weighted by molar-refractivity contribution is 7.08.